The molecule has 0 bridgehead atoms. The third-order valence-corrected chi connectivity index (χ3v) is 4.04. The molecule has 0 aliphatic carbocycles. The zero-order valence-corrected chi connectivity index (χ0v) is 11.9. The van der Waals surface area contributed by atoms with E-state index in [0.717, 1.165) is 24.2 Å². The highest BCUT2D eigenvalue weighted by atomic mass is 16.2. The minimum Gasteiger partial charge on any atom is -0.312 e. The Labute approximate surface area is 114 Å². The van der Waals surface area contributed by atoms with Crippen molar-refractivity contribution < 1.29 is 9.59 Å². The number of ketones is 1. The molecular formula is C16H21NO2. The van der Waals surface area contributed by atoms with Gasteiger partial charge in [0.1, 0.15) is 5.78 Å². The number of hydrogen-bond donors (Lipinski definition) is 0. The molecule has 3 heteroatoms. The van der Waals surface area contributed by atoms with Gasteiger partial charge in [0.25, 0.3) is 0 Å². The fraction of sp³-hybridized carbons (Fsp3) is 0.500. The molecule has 0 spiro atoms. The maximum atomic E-state index is 12.5. The van der Waals surface area contributed by atoms with Crippen molar-refractivity contribution in [1.82, 2.24) is 0 Å². The number of aryl methyl sites for hydroxylation is 1. The molecule has 2 rings (SSSR count). The van der Waals surface area contributed by atoms with Gasteiger partial charge in [0, 0.05) is 18.7 Å². The van der Waals surface area contributed by atoms with Crippen molar-refractivity contribution in [1.29, 1.82) is 0 Å². The molecule has 19 heavy (non-hydrogen) atoms. The van der Waals surface area contributed by atoms with Crippen molar-refractivity contribution in [2.75, 3.05) is 11.4 Å². The summed E-state index contributed by atoms with van der Waals surface area (Å²) in [5.74, 6) is -0.384. The Bertz CT molecular complexity index is 507. The third-order valence-electron chi connectivity index (χ3n) is 4.04. The zero-order valence-electron chi connectivity index (χ0n) is 11.9. The Kier molecular flexibility index (Phi) is 4.03. The smallest absolute Gasteiger partial charge is 0.237 e. The molecule has 3 nitrogen and oxygen atoms in total. The van der Waals surface area contributed by atoms with Crippen molar-refractivity contribution in [3.8, 4) is 0 Å². The number of carbonyl (C=O) groups is 2. The van der Waals surface area contributed by atoms with E-state index in [-0.39, 0.29) is 11.7 Å². The largest absolute Gasteiger partial charge is 0.312 e. The van der Waals surface area contributed by atoms with Crippen LogP contribution in [-0.2, 0) is 9.59 Å². The Morgan fingerprint density at radius 1 is 1.37 bits per heavy atom. The van der Waals surface area contributed by atoms with E-state index in [2.05, 4.69) is 0 Å². The number of benzene rings is 1. The molecule has 102 valence electrons. The van der Waals surface area contributed by atoms with Crippen LogP contribution in [0.4, 0.5) is 5.69 Å². The van der Waals surface area contributed by atoms with Gasteiger partial charge in [-0.25, -0.2) is 0 Å². The van der Waals surface area contributed by atoms with E-state index >= 15 is 0 Å². The summed E-state index contributed by atoms with van der Waals surface area (Å²) in [6.45, 7) is 6.62. The van der Waals surface area contributed by atoms with Crippen LogP contribution < -0.4 is 4.90 Å². The molecule has 0 unspecified atom stereocenters. The number of rotatable bonds is 3. The van der Waals surface area contributed by atoms with Crippen LogP contribution in [0.1, 0.15) is 37.3 Å². The fourth-order valence-electron chi connectivity index (χ4n) is 2.69. The van der Waals surface area contributed by atoms with Crippen LogP contribution in [-0.4, -0.2) is 18.2 Å². The van der Waals surface area contributed by atoms with E-state index in [4.69, 9.17) is 0 Å². The normalized spacial score (nSPS) is 19.6. The summed E-state index contributed by atoms with van der Waals surface area (Å²) in [7, 11) is 0. The predicted molar refractivity (Wildman–Crippen MR) is 76.3 cm³/mol. The van der Waals surface area contributed by atoms with Gasteiger partial charge in [0.15, 0.2) is 0 Å². The van der Waals surface area contributed by atoms with Crippen molar-refractivity contribution in [2.45, 2.75) is 40.0 Å². The first kappa shape index (κ1) is 13.8. The first-order valence-corrected chi connectivity index (χ1v) is 6.96. The lowest BCUT2D eigenvalue weighted by Gasteiger charge is -2.32. The van der Waals surface area contributed by atoms with Gasteiger partial charge < -0.3 is 4.90 Å². The lowest BCUT2D eigenvalue weighted by atomic mass is 9.90. The second-order valence-corrected chi connectivity index (χ2v) is 5.22. The topological polar surface area (TPSA) is 37.4 Å². The molecule has 1 aliphatic heterocycles. The average Bonchev–Trinajstić information content (AvgIpc) is 2.42. The highest BCUT2D eigenvalue weighted by Crippen LogP contribution is 2.29. The molecule has 0 radical (unpaired) electrons. The number of anilines is 1. The van der Waals surface area contributed by atoms with Crippen molar-refractivity contribution in [3.05, 3.63) is 29.3 Å². The molecule has 0 aromatic heterocycles. The summed E-state index contributed by atoms with van der Waals surface area (Å²) >= 11 is 0. The molecule has 1 atom stereocenters. The van der Waals surface area contributed by atoms with Gasteiger partial charge in [-0.1, -0.05) is 19.1 Å². The lowest BCUT2D eigenvalue weighted by Crippen LogP contribution is -2.44. The van der Waals surface area contributed by atoms with Crippen molar-refractivity contribution in [3.63, 3.8) is 0 Å². The van der Waals surface area contributed by atoms with Gasteiger partial charge in [-0.2, -0.15) is 0 Å². The van der Waals surface area contributed by atoms with Crippen LogP contribution in [0.15, 0.2) is 18.2 Å². The van der Waals surface area contributed by atoms with E-state index in [1.54, 1.807) is 4.90 Å². The standard InChI is InChI=1S/C16H21NO2/c1-4-15(18)13-8-6-10-17(16(13)19)14-9-5-7-11(2)12(14)3/h5,7,9,13H,4,6,8,10H2,1-3H3/t13-/m0/s1. The second kappa shape index (κ2) is 5.55. The third kappa shape index (κ3) is 2.55. The molecule has 1 amide bonds. The minimum atomic E-state index is -0.432. The Morgan fingerprint density at radius 2 is 2.11 bits per heavy atom. The van der Waals surface area contributed by atoms with Gasteiger partial charge in [-0.3, -0.25) is 9.59 Å². The van der Waals surface area contributed by atoms with E-state index < -0.39 is 5.92 Å². The molecule has 1 aliphatic rings. The molecule has 0 N–H and O–H groups in total. The highest BCUT2D eigenvalue weighted by Gasteiger charge is 2.34. The second-order valence-electron chi connectivity index (χ2n) is 5.22. The maximum absolute atomic E-state index is 12.5. The summed E-state index contributed by atoms with van der Waals surface area (Å²) in [5, 5.41) is 0. The Balaban J connectivity index is 2.32. The predicted octanol–water partition coefficient (Wildman–Crippen LogP) is 3.03. The van der Waals surface area contributed by atoms with Gasteiger partial charge in [0.05, 0.1) is 5.92 Å². The minimum absolute atomic E-state index is 0.0215. The maximum Gasteiger partial charge on any atom is 0.237 e. The molecule has 1 aromatic carbocycles. The lowest BCUT2D eigenvalue weighted by molar-refractivity contribution is -0.133. The molecule has 1 heterocycles. The van der Waals surface area contributed by atoms with Crippen LogP contribution in [0.25, 0.3) is 0 Å². The first-order chi connectivity index (χ1) is 9.06. The van der Waals surface area contributed by atoms with Crippen LogP contribution in [0.5, 0.6) is 0 Å². The molecule has 1 aromatic rings. The van der Waals surface area contributed by atoms with Gasteiger partial charge in [-0.05, 0) is 43.9 Å². The first-order valence-electron chi connectivity index (χ1n) is 6.96. The van der Waals surface area contributed by atoms with E-state index in [1.807, 2.05) is 39.0 Å². The van der Waals surface area contributed by atoms with Crippen molar-refractivity contribution in [2.24, 2.45) is 5.92 Å². The monoisotopic (exact) mass is 259 g/mol. The highest BCUT2D eigenvalue weighted by molar-refractivity contribution is 6.09. The molecular weight excluding hydrogens is 238 g/mol. The SMILES string of the molecule is CCC(=O)[C@@H]1CCCN(c2cccc(C)c2C)C1=O. The summed E-state index contributed by atoms with van der Waals surface area (Å²) in [6, 6.07) is 5.98. The fourth-order valence-corrected chi connectivity index (χ4v) is 2.69. The van der Waals surface area contributed by atoms with Crippen LogP contribution in [0.2, 0.25) is 0 Å². The quantitative estimate of drug-likeness (QED) is 0.782. The molecule has 0 saturated carbocycles. The number of carbonyl (C=O) groups excluding carboxylic acids is 2. The van der Waals surface area contributed by atoms with E-state index in [0.29, 0.717) is 12.8 Å². The van der Waals surface area contributed by atoms with Crippen molar-refractivity contribution >= 4 is 17.4 Å². The number of Topliss-reactive ketones (excluding diaryl/α,β-unsaturated/α-hetero) is 1. The summed E-state index contributed by atoms with van der Waals surface area (Å²) in [4.78, 5) is 26.1. The summed E-state index contributed by atoms with van der Waals surface area (Å²) < 4.78 is 0. The van der Waals surface area contributed by atoms with E-state index in [9.17, 15) is 9.59 Å². The van der Waals surface area contributed by atoms with E-state index in [1.165, 1.54) is 5.56 Å². The zero-order chi connectivity index (χ0) is 14.0. The summed E-state index contributed by atoms with van der Waals surface area (Å²) in [5.41, 5.74) is 3.26. The van der Waals surface area contributed by atoms with Gasteiger partial charge >= 0.3 is 0 Å². The van der Waals surface area contributed by atoms with Crippen LogP contribution in [0, 0.1) is 19.8 Å². The summed E-state index contributed by atoms with van der Waals surface area (Å²) in [6.07, 6.45) is 2.04. The van der Waals surface area contributed by atoms with Gasteiger partial charge in [0.2, 0.25) is 5.91 Å². The number of nitrogens with zero attached hydrogens (tertiary/aromatic N) is 1. The van der Waals surface area contributed by atoms with Gasteiger partial charge in [-0.15, -0.1) is 0 Å². The Morgan fingerprint density at radius 3 is 2.79 bits per heavy atom. The molecule has 1 fully saturated rings. The number of amides is 1. The number of piperidine rings is 1. The Hall–Kier alpha value is -1.64. The van der Waals surface area contributed by atoms with Crippen LogP contribution >= 0.6 is 0 Å². The molecule has 1 saturated heterocycles. The average molecular weight is 259 g/mol. The van der Waals surface area contributed by atoms with Crippen LogP contribution in [0.3, 0.4) is 0 Å². The number of hydrogen-bond acceptors (Lipinski definition) is 2.